The van der Waals surface area contributed by atoms with Gasteiger partial charge in [-0.05, 0) is 43.2 Å². The van der Waals surface area contributed by atoms with Crippen molar-refractivity contribution in [2.45, 2.75) is 20.3 Å². The number of nitrogens with one attached hydrogen (secondary N) is 2. The Hall–Kier alpha value is -2.95. The van der Waals surface area contributed by atoms with Crippen molar-refractivity contribution in [3.05, 3.63) is 54.4 Å². The molecule has 0 atom stereocenters. The van der Waals surface area contributed by atoms with Gasteiger partial charge in [0.1, 0.15) is 0 Å². The lowest BCUT2D eigenvalue weighted by Gasteiger charge is -2.06. The van der Waals surface area contributed by atoms with Crippen LogP contribution in [0.3, 0.4) is 0 Å². The lowest BCUT2D eigenvalue weighted by atomic mass is 10.1. The molecule has 0 radical (unpaired) electrons. The minimum absolute atomic E-state index is 0.122. The first kappa shape index (κ1) is 15.0. The Labute approximate surface area is 134 Å². The van der Waals surface area contributed by atoms with Crippen molar-refractivity contribution in [2.75, 3.05) is 5.32 Å². The molecule has 0 aliphatic rings. The van der Waals surface area contributed by atoms with Crippen LogP contribution in [0.4, 0.5) is 5.69 Å². The number of aromatic nitrogens is 3. The number of rotatable bonds is 4. The molecule has 1 amide bonds. The predicted molar refractivity (Wildman–Crippen MR) is 92.1 cm³/mol. The first-order valence-corrected chi connectivity index (χ1v) is 7.56. The summed E-state index contributed by atoms with van der Waals surface area (Å²) >= 11 is 0. The van der Waals surface area contributed by atoms with Gasteiger partial charge in [0.05, 0.1) is 5.69 Å². The maximum Gasteiger partial charge on any atom is 0.248 e. The van der Waals surface area contributed by atoms with Crippen LogP contribution >= 0.6 is 0 Å². The van der Waals surface area contributed by atoms with E-state index in [1.165, 1.54) is 0 Å². The highest BCUT2D eigenvalue weighted by Gasteiger charge is 2.06. The number of pyridine rings is 1. The van der Waals surface area contributed by atoms with Gasteiger partial charge in [-0.1, -0.05) is 25.1 Å². The zero-order chi connectivity index (χ0) is 16.2. The van der Waals surface area contributed by atoms with Crippen LogP contribution in [0.5, 0.6) is 0 Å². The summed E-state index contributed by atoms with van der Waals surface area (Å²) in [6.45, 7) is 3.94. The molecule has 0 aliphatic heterocycles. The van der Waals surface area contributed by atoms with Gasteiger partial charge >= 0.3 is 0 Å². The van der Waals surface area contributed by atoms with Crippen LogP contribution in [-0.2, 0) is 4.79 Å². The Balaban J connectivity index is 1.90. The summed E-state index contributed by atoms with van der Waals surface area (Å²) in [5, 5.41) is 10.9. The Morgan fingerprint density at radius 3 is 3.00 bits per heavy atom. The monoisotopic (exact) mass is 306 g/mol. The molecule has 2 aromatic heterocycles. The van der Waals surface area contributed by atoms with E-state index in [2.05, 4.69) is 26.6 Å². The summed E-state index contributed by atoms with van der Waals surface area (Å²) < 4.78 is 0. The Bertz CT molecular complexity index is 880. The molecular formula is C18H18N4O. The molecule has 0 saturated carbocycles. The zero-order valence-corrected chi connectivity index (χ0v) is 13.1. The number of allylic oxidation sites excluding steroid dienone is 1. The van der Waals surface area contributed by atoms with Crippen LogP contribution in [0.1, 0.15) is 19.0 Å². The molecule has 23 heavy (non-hydrogen) atoms. The van der Waals surface area contributed by atoms with Crippen molar-refractivity contribution in [3.63, 3.8) is 0 Å². The molecule has 0 aliphatic carbocycles. The van der Waals surface area contributed by atoms with E-state index >= 15 is 0 Å². The van der Waals surface area contributed by atoms with E-state index in [4.69, 9.17) is 0 Å². The third-order valence-corrected chi connectivity index (χ3v) is 3.58. The molecular weight excluding hydrogens is 288 g/mol. The normalized spacial score (nSPS) is 11.2. The van der Waals surface area contributed by atoms with Gasteiger partial charge in [0.15, 0.2) is 5.65 Å². The van der Waals surface area contributed by atoms with Gasteiger partial charge in [-0.25, -0.2) is 4.98 Å². The standard InChI is InChI=1S/C18H18N4O/c1-3-4-8-17(23)20-15-7-5-6-13(9-15)14-10-16-12(2)21-22-18(16)19-11-14/h4-11H,3H2,1-2H3,(H,20,23)(H,19,21,22). The highest BCUT2D eigenvalue weighted by Crippen LogP contribution is 2.25. The minimum atomic E-state index is -0.122. The fourth-order valence-corrected chi connectivity index (χ4v) is 2.37. The smallest absolute Gasteiger partial charge is 0.248 e. The number of aryl methyl sites for hydroxylation is 1. The molecule has 0 spiro atoms. The topological polar surface area (TPSA) is 70.7 Å². The van der Waals surface area contributed by atoms with Crippen LogP contribution in [0.2, 0.25) is 0 Å². The number of H-pyrrole nitrogens is 1. The van der Waals surface area contributed by atoms with Crippen LogP contribution in [0, 0.1) is 6.92 Å². The highest BCUT2D eigenvalue weighted by molar-refractivity contribution is 5.99. The minimum Gasteiger partial charge on any atom is -0.323 e. The van der Waals surface area contributed by atoms with Crippen LogP contribution in [-0.4, -0.2) is 21.1 Å². The molecule has 3 aromatic rings. The molecule has 2 heterocycles. The van der Waals surface area contributed by atoms with Gasteiger partial charge in [-0.3, -0.25) is 9.89 Å². The number of nitrogens with zero attached hydrogens (tertiary/aromatic N) is 2. The molecule has 5 nitrogen and oxygen atoms in total. The summed E-state index contributed by atoms with van der Waals surface area (Å²) in [5.74, 6) is -0.122. The number of carbonyl (C=O) groups is 1. The quantitative estimate of drug-likeness (QED) is 0.719. The van der Waals surface area contributed by atoms with Gasteiger partial charge in [-0.15, -0.1) is 0 Å². The zero-order valence-electron chi connectivity index (χ0n) is 13.1. The molecule has 0 unspecified atom stereocenters. The summed E-state index contributed by atoms with van der Waals surface area (Å²) in [7, 11) is 0. The number of fused-ring (bicyclic) bond motifs is 1. The van der Waals surface area contributed by atoms with Gasteiger partial charge < -0.3 is 5.32 Å². The number of amides is 1. The number of benzene rings is 1. The molecule has 0 saturated heterocycles. The average molecular weight is 306 g/mol. The Morgan fingerprint density at radius 2 is 2.17 bits per heavy atom. The maximum atomic E-state index is 11.8. The van der Waals surface area contributed by atoms with Crippen LogP contribution in [0.25, 0.3) is 22.2 Å². The van der Waals surface area contributed by atoms with E-state index in [0.29, 0.717) is 0 Å². The second kappa shape index (κ2) is 6.44. The van der Waals surface area contributed by atoms with Gasteiger partial charge in [0, 0.05) is 22.8 Å². The van der Waals surface area contributed by atoms with Crippen molar-refractivity contribution in [2.24, 2.45) is 0 Å². The molecule has 116 valence electrons. The van der Waals surface area contributed by atoms with Gasteiger partial charge in [0.2, 0.25) is 5.91 Å². The second-order valence-corrected chi connectivity index (χ2v) is 5.31. The third-order valence-electron chi connectivity index (χ3n) is 3.58. The average Bonchev–Trinajstić information content (AvgIpc) is 2.94. The molecule has 3 rings (SSSR count). The molecule has 1 aromatic carbocycles. The first-order valence-electron chi connectivity index (χ1n) is 7.56. The van der Waals surface area contributed by atoms with Crippen molar-refractivity contribution >= 4 is 22.6 Å². The molecule has 2 N–H and O–H groups in total. The van der Waals surface area contributed by atoms with Crippen LogP contribution in [0.15, 0.2) is 48.7 Å². The van der Waals surface area contributed by atoms with Crippen molar-refractivity contribution in [1.82, 2.24) is 15.2 Å². The highest BCUT2D eigenvalue weighted by atomic mass is 16.1. The maximum absolute atomic E-state index is 11.8. The van der Waals surface area contributed by atoms with Crippen LogP contribution < -0.4 is 5.32 Å². The summed E-state index contributed by atoms with van der Waals surface area (Å²) in [6, 6.07) is 9.78. The van der Waals surface area contributed by atoms with E-state index < -0.39 is 0 Å². The third kappa shape index (κ3) is 3.29. The fourth-order valence-electron chi connectivity index (χ4n) is 2.37. The number of anilines is 1. The van der Waals surface area contributed by atoms with E-state index in [0.717, 1.165) is 40.0 Å². The van der Waals surface area contributed by atoms with Gasteiger partial charge in [0.25, 0.3) is 0 Å². The van der Waals surface area contributed by atoms with E-state index in [9.17, 15) is 4.79 Å². The van der Waals surface area contributed by atoms with Gasteiger partial charge in [-0.2, -0.15) is 5.10 Å². The lowest BCUT2D eigenvalue weighted by molar-refractivity contribution is -0.111. The number of aromatic amines is 1. The first-order chi connectivity index (χ1) is 11.2. The summed E-state index contributed by atoms with van der Waals surface area (Å²) in [4.78, 5) is 16.2. The summed E-state index contributed by atoms with van der Waals surface area (Å²) in [5.41, 5.74) is 4.45. The van der Waals surface area contributed by atoms with E-state index in [1.54, 1.807) is 12.3 Å². The summed E-state index contributed by atoms with van der Waals surface area (Å²) in [6.07, 6.45) is 6.02. The Kier molecular flexibility index (Phi) is 4.19. The molecule has 5 heteroatoms. The number of hydrogen-bond acceptors (Lipinski definition) is 3. The number of carbonyl (C=O) groups excluding carboxylic acids is 1. The number of hydrogen-bond donors (Lipinski definition) is 2. The van der Waals surface area contributed by atoms with Crippen molar-refractivity contribution in [1.29, 1.82) is 0 Å². The van der Waals surface area contributed by atoms with Crippen molar-refractivity contribution in [3.8, 4) is 11.1 Å². The Morgan fingerprint density at radius 1 is 1.30 bits per heavy atom. The van der Waals surface area contributed by atoms with Crippen molar-refractivity contribution < 1.29 is 4.79 Å². The SMILES string of the molecule is CCC=CC(=O)Nc1cccc(-c2cnc3[nH]nc(C)c3c2)c1. The lowest BCUT2D eigenvalue weighted by Crippen LogP contribution is -2.07. The van der Waals surface area contributed by atoms with E-state index in [1.807, 2.05) is 44.2 Å². The predicted octanol–water partition coefficient (Wildman–Crippen LogP) is 3.84. The van der Waals surface area contributed by atoms with E-state index in [-0.39, 0.29) is 5.91 Å². The molecule has 0 bridgehead atoms. The largest absolute Gasteiger partial charge is 0.323 e. The molecule has 0 fully saturated rings. The fraction of sp³-hybridized carbons (Fsp3) is 0.167. The second-order valence-electron chi connectivity index (χ2n) is 5.31.